The molecule has 2 rings (SSSR count). The van der Waals surface area contributed by atoms with E-state index in [9.17, 15) is 13.6 Å². The fourth-order valence-electron chi connectivity index (χ4n) is 2.35. The Morgan fingerprint density at radius 1 is 1.10 bits per heavy atom. The van der Waals surface area contributed by atoms with Crippen LogP contribution in [0.4, 0.5) is 0 Å². The minimum absolute atomic E-state index is 0.156. The highest BCUT2D eigenvalue weighted by atomic mass is 32.2. The zero-order chi connectivity index (χ0) is 14.9. The van der Waals surface area contributed by atoms with Crippen molar-refractivity contribution in [3.05, 3.63) is 64.0 Å². The van der Waals surface area contributed by atoms with Gasteiger partial charge in [0.25, 0.3) is 0 Å². The van der Waals surface area contributed by atoms with Gasteiger partial charge in [0, 0.05) is 12.1 Å². The second-order valence-corrected chi connectivity index (χ2v) is 6.94. The molecule has 0 saturated heterocycles. The van der Waals surface area contributed by atoms with E-state index in [0.717, 1.165) is 22.3 Å². The average molecular weight is 291 g/mol. The van der Waals surface area contributed by atoms with E-state index in [4.69, 9.17) is 0 Å². The molecule has 5 heteroatoms. The summed E-state index contributed by atoms with van der Waals surface area (Å²) >= 11 is 0. The molecule has 0 aliphatic carbocycles. The Morgan fingerprint density at radius 2 is 1.70 bits per heavy atom. The second kappa shape index (κ2) is 5.25. The summed E-state index contributed by atoms with van der Waals surface area (Å²) in [6, 6.07) is 8.30. The van der Waals surface area contributed by atoms with Gasteiger partial charge in [-0.05, 0) is 43.5 Å². The summed E-state index contributed by atoms with van der Waals surface area (Å²) in [4.78, 5) is 0. The molecule has 1 aromatic carbocycles. The molecular weight excluding hydrogens is 274 g/mol. The van der Waals surface area contributed by atoms with Crippen molar-refractivity contribution in [2.45, 2.75) is 31.6 Å². The van der Waals surface area contributed by atoms with Gasteiger partial charge in [-0.1, -0.05) is 17.7 Å². The van der Waals surface area contributed by atoms with Crippen LogP contribution in [0.25, 0.3) is 0 Å². The lowest BCUT2D eigenvalue weighted by Crippen LogP contribution is -2.33. The van der Waals surface area contributed by atoms with E-state index in [0.29, 0.717) is 4.73 Å². The van der Waals surface area contributed by atoms with Crippen molar-refractivity contribution in [3.63, 3.8) is 0 Å². The molecule has 2 aromatic rings. The molecule has 106 valence electrons. The predicted molar refractivity (Wildman–Crippen MR) is 76.9 cm³/mol. The van der Waals surface area contributed by atoms with Gasteiger partial charge in [0.05, 0.1) is 5.75 Å². The minimum Gasteiger partial charge on any atom is -0.618 e. The van der Waals surface area contributed by atoms with E-state index in [2.05, 4.69) is 0 Å². The Labute approximate surface area is 119 Å². The van der Waals surface area contributed by atoms with Crippen LogP contribution in [0.2, 0.25) is 0 Å². The largest absolute Gasteiger partial charge is 0.618 e. The van der Waals surface area contributed by atoms with Crippen LogP contribution in [0, 0.1) is 26.0 Å². The molecule has 0 spiro atoms. The van der Waals surface area contributed by atoms with E-state index < -0.39 is 9.84 Å². The molecule has 0 radical (unpaired) electrons. The Hall–Kier alpha value is -1.88. The molecule has 4 nitrogen and oxygen atoms in total. The molecule has 0 amide bonds. The van der Waals surface area contributed by atoms with Gasteiger partial charge in [-0.25, -0.2) is 8.42 Å². The molecule has 1 aromatic heterocycles. The van der Waals surface area contributed by atoms with Crippen molar-refractivity contribution < 1.29 is 13.1 Å². The van der Waals surface area contributed by atoms with Gasteiger partial charge in [-0.2, -0.15) is 4.73 Å². The van der Waals surface area contributed by atoms with Crippen LogP contribution >= 0.6 is 0 Å². The van der Waals surface area contributed by atoms with Gasteiger partial charge in [-0.3, -0.25) is 0 Å². The van der Waals surface area contributed by atoms with Crippen LogP contribution in [0.15, 0.2) is 41.6 Å². The lowest BCUT2D eigenvalue weighted by atomic mass is 10.0. The molecular formula is C15H17NO3S. The molecule has 0 bridgehead atoms. The fourth-order valence-corrected chi connectivity index (χ4v) is 3.96. The standard InChI is InChI=1S/C15H17NO3S/c1-11-8-12(2)14(13(3)9-11)10-20(18,19)15-6-4-5-7-16(15)17/h4-9H,10H2,1-3H3. The van der Waals surface area contributed by atoms with Crippen LogP contribution in [-0.4, -0.2) is 8.42 Å². The van der Waals surface area contributed by atoms with Gasteiger partial charge >= 0.3 is 5.03 Å². The third-order valence-electron chi connectivity index (χ3n) is 3.28. The van der Waals surface area contributed by atoms with Crippen molar-refractivity contribution in [2.24, 2.45) is 0 Å². The Morgan fingerprint density at radius 3 is 2.25 bits per heavy atom. The van der Waals surface area contributed by atoms with Gasteiger partial charge in [0.1, 0.15) is 0 Å². The summed E-state index contributed by atoms with van der Waals surface area (Å²) in [5, 5.41) is 11.4. The van der Waals surface area contributed by atoms with Crippen molar-refractivity contribution in [1.82, 2.24) is 0 Å². The first-order valence-electron chi connectivity index (χ1n) is 6.29. The number of aromatic nitrogens is 1. The van der Waals surface area contributed by atoms with Crippen LogP contribution in [0.1, 0.15) is 22.3 Å². The van der Waals surface area contributed by atoms with Crippen LogP contribution in [0.3, 0.4) is 0 Å². The highest BCUT2D eigenvalue weighted by Crippen LogP contribution is 2.21. The Bertz CT molecular complexity index is 728. The van der Waals surface area contributed by atoms with Gasteiger partial charge in [0.15, 0.2) is 6.20 Å². The monoisotopic (exact) mass is 291 g/mol. The lowest BCUT2D eigenvalue weighted by molar-refractivity contribution is -0.646. The highest BCUT2D eigenvalue weighted by molar-refractivity contribution is 7.90. The first-order chi connectivity index (χ1) is 9.31. The number of nitrogens with zero attached hydrogens (tertiary/aromatic N) is 1. The molecule has 0 aliphatic rings. The van der Waals surface area contributed by atoms with Crippen molar-refractivity contribution in [1.29, 1.82) is 0 Å². The molecule has 20 heavy (non-hydrogen) atoms. The number of aryl methyl sites for hydroxylation is 3. The van der Waals surface area contributed by atoms with Crippen molar-refractivity contribution >= 4 is 9.84 Å². The number of rotatable bonds is 3. The number of hydrogen-bond donors (Lipinski definition) is 0. The van der Waals surface area contributed by atoms with E-state index in [-0.39, 0.29) is 10.8 Å². The molecule has 0 N–H and O–H groups in total. The van der Waals surface area contributed by atoms with E-state index in [1.165, 1.54) is 18.3 Å². The molecule has 0 unspecified atom stereocenters. The molecule has 0 atom stereocenters. The molecule has 0 aliphatic heterocycles. The van der Waals surface area contributed by atoms with E-state index >= 15 is 0 Å². The van der Waals surface area contributed by atoms with E-state index in [1.54, 1.807) is 6.07 Å². The highest BCUT2D eigenvalue weighted by Gasteiger charge is 2.25. The molecule has 0 fully saturated rings. The van der Waals surface area contributed by atoms with Crippen LogP contribution in [-0.2, 0) is 15.6 Å². The number of benzene rings is 1. The zero-order valence-electron chi connectivity index (χ0n) is 11.8. The maximum absolute atomic E-state index is 12.4. The van der Waals surface area contributed by atoms with Gasteiger partial charge in [-0.15, -0.1) is 0 Å². The summed E-state index contributed by atoms with van der Waals surface area (Å²) < 4.78 is 25.2. The maximum Gasteiger partial charge on any atom is 0.308 e. The average Bonchev–Trinajstić information content (AvgIpc) is 2.34. The summed E-state index contributed by atoms with van der Waals surface area (Å²) in [6.07, 6.45) is 1.20. The number of sulfone groups is 1. The van der Waals surface area contributed by atoms with Crippen LogP contribution < -0.4 is 4.73 Å². The fraction of sp³-hybridized carbons (Fsp3) is 0.267. The first kappa shape index (κ1) is 14.5. The molecule has 1 heterocycles. The third-order valence-corrected chi connectivity index (χ3v) is 4.90. The number of hydrogen-bond acceptors (Lipinski definition) is 3. The van der Waals surface area contributed by atoms with Crippen molar-refractivity contribution in [2.75, 3.05) is 0 Å². The number of pyridine rings is 1. The van der Waals surface area contributed by atoms with Gasteiger partial charge < -0.3 is 5.21 Å². The molecule has 0 saturated carbocycles. The van der Waals surface area contributed by atoms with Crippen LogP contribution in [0.5, 0.6) is 0 Å². The SMILES string of the molecule is Cc1cc(C)c(CS(=O)(=O)c2cccc[n+]2[O-])c(C)c1. The van der Waals surface area contributed by atoms with Crippen molar-refractivity contribution in [3.8, 4) is 0 Å². The normalized spacial score (nSPS) is 11.6. The quantitative estimate of drug-likeness (QED) is 0.643. The third kappa shape index (κ3) is 2.82. The van der Waals surface area contributed by atoms with Gasteiger partial charge in [0.2, 0.25) is 9.84 Å². The van der Waals surface area contributed by atoms with E-state index in [1.807, 2.05) is 32.9 Å². The summed E-state index contributed by atoms with van der Waals surface area (Å²) in [5.74, 6) is -0.156. The lowest BCUT2D eigenvalue weighted by Gasteiger charge is -2.11. The Balaban J connectivity index is 2.47. The minimum atomic E-state index is -3.65. The zero-order valence-corrected chi connectivity index (χ0v) is 12.6. The second-order valence-electron chi connectivity index (χ2n) is 5.00. The first-order valence-corrected chi connectivity index (χ1v) is 7.94. The topological polar surface area (TPSA) is 61.1 Å². The summed E-state index contributed by atoms with van der Waals surface area (Å²) in [7, 11) is -3.65. The maximum atomic E-state index is 12.4. The smallest absolute Gasteiger partial charge is 0.308 e. The predicted octanol–water partition coefficient (Wildman–Crippen LogP) is 2.22. The Kier molecular flexibility index (Phi) is 3.81. The summed E-state index contributed by atoms with van der Waals surface area (Å²) in [5.41, 5.74) is 3.72. The summed E-state index contributed by atoms with van der Waals surface area (Å²) in [6.45, 7) is 5.75.